The number of carbonyl (C=O) groups is 1. The van der Waals surface area contributed by atoms with E-state index in [0.717, 1.165) is 65.0 Å². The summed E-state index contributed by atoms with van der Waals surface area (Å²) in [6.07, 6.45) is 4.82. The van der Waals surface area contributed by atoms with Gasteiger partial charge in [0, 0.05) is 34.7 Å². The van der Waals surface area contributed by atoms with Crippen LogP contribution in [0.3, 0.4) is 0 Å². The van der Waals surface area contributed by atoms with Crippen molar-refractivity contribution in [1.82, 2.24) is 4.57 Å². The monoisotopic (exact) mass is 324 g/mol. The summed E-state index contributed by atoms with van der Waals surface area (Å²) in [6.45, 7) is 7.09. The van der Waals surface area contributed by atoms with E-state index in [2.05, 4.69) is 29.8 Å². The average Bonchev–Trinajstić information content (AvgIpc) is 2.91. The van der Waals surface area contributed by atoms with Crippen molar-refractivity contribution in [2.75, 3.05) is 5.32 Å². The lowest BCUT2D eigenvalue weighted by atomic mass is 9.87. The Morgan fingerprint density at radius 1 is 1.42 bits per heavy atom. The van der Waals surface area contributed by atoms with Crippen molar-refractivity contribution in [3.8, 4) is 0 Å². The maximum absolute atomic E-state index is 13.8. The average molecular weight is 324 g/mol. The molecule has 0 bridgehead atoms. The first-order valence-corrected chi connectivity index (χ1v) is 8.46. The van der Waals surface area contributed by atoms with E-state index in [1.807, 2.05) is 13.0 Å². The summed E-state index contributed by atoms with van der Waals surface area (Å²) in [5, 5.41) is 3.57. The minimum atomic E-state index is -0.221. The van der Waals surface area contributed by atoms with E-state index in [-0.39, 0.29) is 11.4 Å². The van der Waals surface area contributed by atoms with Crippen LogP contribution in [0.15, 0.2) is 18.2 Å². The van der Waals surface area contributed by atoms with Crippen LogP contribution in [0.2, 0.25) is 0 Å². The van der Waals surface area contributed by atoms with E-state index in [1.165, 1.54) is 6.07 Å². The second-order valence-corrected chi connectivity index (χ2v) is 6.94. The number of anilines is 1. The summed E-state index contributed by atoms with van der Waals surface area (Å²) in [6, 6.07) is 4.92. The minimum absolute atomic E-state index is 0.214. The van der Waals surface area contributed by atoms with Crippen molar-refractivity contribution in [3.63, 3.8) is 0 Å². The first-order chi connectivity index (χ1) is 11.5. The molecule has 4 heteroatoms. The Morgan fingerprint density at radius 3 is 2.92 bits per heavy atom. The highest BCUT2D eigenvalue weighted by Crippen LogP contribution is 2.47. The quantitative estimate of drug-likeness (QED) is 0.829. The Kier molecular flexibility index (Phi) is 3.21. The lowest BCUT2D eigenvalue weighted by Crippen LogP contribution is -2.31. The molecule has 1 aromatic carbocycles. The maximum atomic E-state index is 13.8. The van der Waals surface area contributed by atoms with Gasteiger partial charge in [0.1, 0.15) is 5.82 Å². The van der Waals surface area contributed by atoms with Crippen LogP contribution >= 0.6 is 0 Å². The van der Waals surface area contributed by atoms with Gasteiger partial charge in [0.05, 0.1) is 5.54 Å². The van der Waals surface area contributed by atoms with Gasteiger partial charge in [-0.3, -0.25) is 4.79 Å². The summed E-state index contributed by atoms with van der Waals surface area (Å²) in [7, 11) is 0. The largest absolute Gasteiger partial charge is 0.375 e. The van der Waals surface area contributed by atoms with E-state index in [1.54, 1.807) is 6.07 Å². The molecule has 24 heavy (non-hydrogen) atoms. The van der Waals surface area contributed by atoms with Crippen molar-refractivity contribution in [1.29, 1.82) is 0 Å². The van der Waals surface area contributed by atoms with Crippen molar-refractivity contribution in [3.05, 3.63) is 52.1 Å². The second-order valence-electron chi connectivity index (χ2n) is 6.94. The Hall–Kier alpha value is -2.36. The lowest BCUT2D eigenvalue weighted by Gasteiger charge is -2.26. The highest BCUT2D eigenvalue weighted by molar-refractivity contribution is 5.98. The summed E-state index contributed by atoms with van der Waals surface area (Å²) in [5.41, 5.74) is 6.82. The number of nitrogens with zero attached hydrogens (tertiary/aromatic N) is 1. The standard InChI is InChI=1S/C20H21FN2O/c1-4-14-16(11-24)12(2)23-8-7-20(3)17(10-19(14)23)15-9-13(21)5-6-18(15)22-20/h5-6,9-11,22H,4,7-8H2,1-3H3. The van der Waals surface area contributed by atoms with Gasteiger partial charge in [0.2, 0.25) is 0 Å². The molecule has 1 aromatic heterocycles. The minimum Gasteiger partial charge on any atom is -0.375 e. The molecule has 0 spiro atoms. The first-order valence-electron chi connectivity index (χ1n) is 8.46. The molecule has 1 atom stereocenters. The second kappa shape index (κ2) is 5.07. The fourth-order valence-electron chi connectivity index (χ4n) is 4.24. The fourth-order valence-corrected chi connectivity index (χ4v) is 4.24. The van der Waals surface area contributed by atoms with E-state index in [4.69, 9.17) is 0 Å². The number of rotatable bonds is 2. The lowest BCUT2D eigenvalue weighted by molar-refractivity contribution is 0.112. The number of benzene rings is 1. The van der Waals surface area contributed by atoms with Crippen LogP contribution in [0.5, 0.6) is 0 Å². The van der Waals surface area contributed by atoms with Crippen LogP contribution in [0.25, 0.3) is 11.6 Å². The molecule has 2 aliphatic heterocycles. The van der Waals surface area contributed by atoms with E-state index in [9.17, 15) is 9.18 Å². The molecule has 1 N–H and O–H groups in total. The van der Waals surface area contributed by atoms with Crippen molar-refractivity contribution >= 4 is 23.6 Å². The zero-order valence-corrected chi connectivity index (χ0v) is 14.2. The zero-order valence-electron chi connectivity index (χ0n) is 14.2. The van der Waals surface area contributed by atoms with Gasteiger partial charge in [-0.15, -0.1) is 0 Å². The Labute approximate surface area is 141 Å². The SMILES string of the molecule is CCc1c(C=O)c(C)n2c1C=C1c3cc(F)ccc3NC1(C)CC2. The third kappa shape index (κ3) is 1.92. The third-order valence-electron chi connectivity index (χ3n) is 5.58. The molecule has 0 amide bonds. The van der Waals surface area contributed by atoms with Crippen molar-refractivity contribution in [2.24, 2.45) is 0 Å². The summed E-state index contributed by atoms with van der Waals surface area (Å²) >= 11 is 0. The molecular formula is C20H21FN2O. The molecule has 124 valence electrons. The molecule has 0 radical (unpaired) electrons. The Balaban J connectivity index is 2.00. The van der Waals surface area contributed by atoms with Crippen molar-refractivity contribution in [2.45, 2.75) is 45.7 Å². The summed E-state index contributed by atoms with van der Waals surface area (Å²) < 4.78 is 16.0. The van der Waals surface area contributed by atoms with Gasteiger partial charge in [-0.2, -0.15) is 0 Å². The number of aldehydes is 1. The van der Waals surface area contributed by atoms with Gasteiger partial charge < -0.3 is 9.88 Å². The highest BCUT2D eigenvalue weighted by atomic mass is 19.1. The Morgan fingerprint density at radius 2 is 2.21 bits per heavy atom. The number of hydrogen-bond acceptors (Lipinski definition) is 2. The summed E-state index contributed by atoms with van der Waals surface area (Å²) in [5.74, 6) is -0.221. The molecule has 0 fully saturated rings. The first kappa shape index (κ1) is 15.2. The highest BCUT2D eigenvalue weighted by Gasteiger charge is 2.39. The van der Waals surface area contributed by atoms with Crippen LogP contribution in [0, 0.1) is 12.7 Å². The number of carbonyl (C=O) groups excluding carboxylic acids is 1. The van der Waals surface area contributed by atoms with Crippen LogP contribution < -0.4 is 5.32 Å². The fraction of sp³-hybridized carbons (Fsp3) is 0.350. The van der Waals surface area contributed by atoms with E-state index >= 15 is 0 Å². The number of halogens is 1. The predicted molar refractivity (Wildman–Crippen MR) is 94.9 cm³/mol. The van der Waals surface area contributed by atoms with Crippen molar-refractivity contribution < 1.29 is 9.18 Å². The van der Waals surface area contributed by atoms with Gasteiger partial charge >= 0.3 is 0 Å². The number of nitrogens with one attached hydrogen (secondary N) is 1. The molecule has 3 heterocycles. The molecule has 0 aliphatic carbocycles. The maximum Gasteiger partial charge on any atom is 0.152 e. The Bertz CT molecular complexity index is 894. The molecule has 2 aliphatic rings. The van der Waals surface area contributed by atoms with Gasteiger partial charge in [-0.05, 0) is 62.1 Å². The van der Waals surface area contributed by atoms with Crippen LogP contribution in [0.1, 0.15) is 53.1 Å². The zero-order chi connectivity index (χ0) is 17.1. The van der Waals surface area contributed by atoms with Gasteiger partial charge in [0.25, 0.3) is 0 Å². The van der Waals surface area contributed by atoms with Crippen LogP contribution in [-0.4, -0.2) is 16.4 Å². The molecule has 0 saturated carbocycles. The van der Waals surface area contributed by atoms with Gasteiger partial charge in [0.15, 0.2) is 6.29 Å². The molecule has 4 rings (SSSR count). The smallest absolute Gasteiger partial charge is 0.152 e. The number of hydrogen-bond donors (Lipinski definition) is 1. The van der Waals surface area contributed by atoms with E-state index < -0.39 is 0 Å². The molecular weight excluding hydrogens is 303 g/mol. The number of aromatic nitrogens is 1. The molecule has 0 saturated heterocycles. The molecule has 1 unspecified atom stereocenters. The molecule has 2 aromatic rings. The topological polar surface area (TPSA) is 34.0 Å². The number of fused-ring (bicyclic) bond motifs is 4. The third-order valence-corrected chi connectivity index (χ3v) is 5.58. The van der Waals surface area contributed by atoms with Crippen LogP contribution in [-0.2, 0) is 13.0 Å². The normalized spacial score (nSPS) is 21.2. The van der Waals surface area contributed by atoms with Crippen LogP contribution in [0.4, 0.5) is 10.1 Å². The van der Waals surface area contributed by atoms with Gasteiger partial charge in [-0.25, -0.2) is 4.39 Å². The van der Waals surface area contributed by atoms with Gasteiger partial charge in [-0.1, -0.05) is 6.92 Å². The molecule has 3 nitrogen and oxygen atoms in total. The predicted octanol–water partition coefficient (Wildman–Crippen LogP) is 4.44. The summed E-state index contributed by atoms with van der Waals surface area (Å²) in [4.78, 5) is 11.5. The van der Waals surface area contributed by atoms with E-state index in [0.29, 0.717) is 0 Å².